The fourth-order valence-electron chi connectivity index (χ4n) is 4.06. The fourth-order valence-corrected chi connectivity index (χ4v) is 10.1. The number of rotatable bonds is 5. The molecule has 1 nitrogen and oxygen atoms in total. The molecule has 1 aliphatic carbocycles. The van der Waals surface area contributed by atoms with Crippen molar-refractivity contribution in [2.75, 3.05) is 6.61 Å². The predicted octanol–water partition coefficient (Wildman–Crippen LogP) is 5.95. The number of fused-ring (bicyclic) bond motifs is 3. The van der Waals surface area contributed by atoms with Crippen LogP contribution in [0.4, 0.5) is 0 Å². The number of thiophene rings is 2. The summed E-state index contributed by atoms with van der Waals surface area (Å²) in [6.45, 7) is 11.5. The van der Waals surface area contributed by atoms with Crippen molar-refractivity contribution in [1.29, 1.82) is 0 Å². The first-order valence-corrected chi connectivity index (χ1v) is 13.4. The molecule has 0 fully saturated rings. The van der Waals surface area contributed by atoms with Crippen LogP contribution in [-0.2, 0) is 0 Å². The molecular weight excluding hydrogens is 360 g/mol. The van der Waals surface area contributed by atoms with E-state index in [9.17, 15) is 0 Å². The third-order valence-electron chi connectivity index (χ3n) is 5.19. The van der Waals surface area contributed by atoms with E-state index < -0.39 is 8.07 Å². The molecule has 0 amide bonds. The molecule has 1 aromatic carbocycles. The number of ether oxygens (including phenoxy) is 1. The molecule has 4 rings (SSSR count). The van der Waals surface area contributed by atoms with Crippen LogP contribution in [0.15, 0.2) is 53.7 Å². The normalized spacial score (nSPS) is 13.6. The van der Waals surface area contributed by atoms with Crippen molar-refractivity contribution in [1.82, 2.24) is 0 Å². The quantitative estimate of drug-likeness (QED) is 0.391. The van der Waals surface area contributed by atoms with Crippen LogP contribution in [0.2, 0.25) is 13.1 Å². The van der Waals surface area contributed by atoms with Crippen molar-refractivity contribution in [3.05, 3.63) is 70.4 Å². The lowest BCUT2D eigenvalue weighted by Crippen LogP contribution is -2.48. The smallest absolute Gasteiger partial charge is 0.121 e. The molecule has 1 aliphatic rings. The Morgan fingerprint density at radius 1 is 1.08 bits per heavy atom. The highest BCUT2D eigenvalue weighted by Crippen LogP contribution is 2.53. The molecule has 0 saturated heterocycles. The summed E-state index contributed by atoms with van der Waals surface area (Å²) >= 11 is 3.77. The minimum absolute atomic E-state index is 0.503. The molecule has 4 heteroatoms. The first-order valence-electron chi connectivity index (χ1n) is 8.54. The van der Waals surface area contributed by atoms with Crippen LogP contribution in [0.5, 0.6) is 5.75 Å². The topological polar surface area (TPSA) is 9.23 Å². The van der Waals surface area contributed by atoms with Crippen molar-refractivity contribution in [3.63, 3.8) is 0 Å². The molecule has 0 saturated carbocycles. The Morgan fingerprint density at radius 2 is 1.72 bits per heavy atom. The van der Waals surface area contributed by atoms with Crippen LogP contribution in [0, 0.1) is 6.92 Å². The largest absolute Gasteiger partial charge is 0.489 e. The monoisotopic (exact) mass is 382 g/mol. The Labute approximate surface area is 158 Å². The average Bonchev–Trinajstić information content (AvgIpc) is 3.26. The van der Waals surface area contributed by atoms with E-state index in [0.717, 1.165) is 5.75 Å². The minimum Gasteiger partial charge on any atom is -0.489 e. The second-order valence-electron chi connectivity index (χ2n) is 7.12. The van der Waals surface area contributed by atoms with E-state index in [0.29, 0.717) is 12.1 Å². The Balaban J connectivity index is 1.87. The van der Waals surface area contributed by atoms with E-state index in [2.05, 4.69) is 67.7 Å². The number of hydrogen-bond donors (Lipinski definition) is 0. The van der Waals surface area contributed by atoms with Gasteiger partial charge in [-0.1, -0.05) is 43.9 Å². The van der Waals surface area contributed by atoms with E-state index in [4.69, 9.17) is 4.74 Å². The molecule has 0 spiro atoms. The van der Waals surface area contributed by atoms with E-state index in [1.54, 1.807) is 0 Å². The molecule has 128 valence electrons. The maximum absolute atomic E-state index is 6.12. The summed E-state index contributed by atoms with van der Waals surface area (Å²) in [7, 11) is -1.85. The fraction of sp³-hybridized carbons (Fsp3) is 0.238. The molecule has 0 bridgehead atoms. The highest BCUT2D eigenvalue weighted by Gasteiger charge is 2.44. The SMILES string of the molecule is C=CCOc1c(C)cccc1[Si](C)(C)C1c2ccsc2-c2sccc21. The van der Waals surface area contributed by atoms with Gasteiger partial charge >= 0.3 is 0 Å². The Hall–Kier alpha value is -1.62. The van der Waals surface area contributed by atoms with Crippen LogP contribution >= 0.6 is 22.7 Å². The minimum atomic E-state index is -1.85. The van der Waals surface area contributed by atoms with Crippen molar-refractivity contribution in [2.45, 2.75) is 25.6 Å². The zero-order valence-corrected chi connectivity index (χ0v) is 17.5. The van der Waals surface area contributed by atoms with Crippen LogP contribution < -0.4 is 9.92 Å². The molecule has 0 N–H and O–H groups in total. The number of benzene rings is 1. The maximum atomic E-state index is 6.12. The van der Waals surface area contributed by atoms with Gasteiger partial charge in [0.05, 0.1) is 8.07 Å². The molecule has 0 aliphatic heterocycles. The van der Waals surface area contributed by atoms with Gasteiger partial charge in [0.15, 0.2) is 0 Å². The van der Waals surface area contributed by atoms with Gasteiger partial charge in [-0.2, -0.15) is 0 Å². The van der Waals surface area contributed by atoms with E-state index in [-0.39, 0.29) is 0 Å². The van der Waals surface area contributed by atoms with Gasteiger partial charge in [0.1, 0.15) is 12.4 Å². The van der Waals surface area contributed by atoms with Crippen LogP contribution in [0.25, 0.3) is 9.75 Å². The standard InChI is InChI=1S/C21H22OS2Si/c1-5-11-22-18-14(2)7-6-8-17(18)25(3,4)21-15-9-12-23-19(15)20-16(21)10-13-24-20/h5-10,12-13,21H,1,11H2,2-4H3. The van der Waals surface area contributed by atoms with Gasteiger partial charge in [0, 0.05) is 15.3 Å². The van der Waals surface area contributed by atoms with Crippen molar-refractivity contribution >= 4 is 35.9 Å². The summed E-state index contributed by atoms with van der Waals surface area (Å²) in [6.07, 6.45) is 1.83. The van der Waals surface area contributed by atoms with Gasteiger partial charge in [-0.3, -0.25) is 0 Å². The highest BCUT2D eigenvalue weighted by molar-refractivity contribution is 7.21. The van der Waals surface area contributed by atoms with Crippen LogP contribution in [0.1, 0.15) is 22.2 Å². The lowest BCUT2D eigenvalue weighted by molar-refractivity contribution is 0.363. The molecule has 25 heavy (non-hydrogen) atoms. The maximum Gasteiger partial charge on any atom is 0.121 e. The zero-order valence-electron chi connectivity index (χ0n) is 14.8. The van der Waals surface area contributed by atoms with Gasteiger partial charge in [0.2, 0.25) is 0 Å². The third kappa shape index (κ3) is 2.55. The second-order valence-corrected chi connectivity index (χ2v) is 13.5. The number of hydrogen-bond acceptors (Lipinski definition) is 3. The average molecular weight is 383 g/mol. The summed E-state index contributed by atoms with van der Waals surface area (Å²) in [5.41, 5.74) is 4.77. The van der Waals surface area contributed by atoms with E-state index >= 15 is 0 Å². The Morgan fingerprint density at radius 3 is 2.32 bits per heavy atom. The van der Waals surface area contributed by atoms with Crippen molar-refractivity contribution in [2.24, 2.45) is 0 Å². The number of para-hydroxylation sites is 1. The zero-order chi connectivity index (χ0) is 17.6. The summed E-state index contributed by atoms with van der Waals surface area (Å²) in [5, 5.41) is 5.90. The molecule has 0 unspecified atom stereocenters. The summed E-state index contributed by atoms with van der Waals surface area (Å²) in [6, 6.07) is 11.3. The summed E-state index contributed by atoms with van der Waals surface area (Å²) in [4.78, 5) is 2.97. The molecule has 0 atom stereocenters. The van der Waals surface area contributed by atoms with E-state index in [1.807, 2.05) is 28.7 Å². The Bertz CT molecular complexity index is 895. The first-order chi connectivity index (χ1) is 12.1. The number of aryl methyl sites for hydroxylation is 1. The molecule has 2 heterocycles. The first kappa shape index (κ1) is 16.8. The molecule has 3 aromatic rings. The van der Waals surface area contributed by atoms with Gasteiger partial charge in [-0.05, 0) is 51.7 Å². The van der Waals surface area contributed by atoms with Gasteiger partial charge in [-0.25, -0.2) is 0 Å². The van der Waals surface area contributed by atoms with Crippen LogP contribution in [0.3, 0.4) is 0 Å². The van der Waals surface area contributed by atoms with Crippen molar-refractivity contribution in [3.8, 4) is 15.5 Å². The molecular formula is C21H22OS2Si. The second kappa shape index (κ2) is 6.27. The third-order valence-corrected chi connectivity index (χ3v) is 11.1. The molecule has 0 radical (unpaired) electrons. The van der Waals surface area contributed by atoms with E-state index in [1.165, 1.54) is 31.6 Å². The summed E-state index contributed by atoms with van der Waals surface area (Å²) in [5.74, 6) is 1.07. The molecule has 2 aromatic heterocycles. The van der Waals surface area contributed by atoms with Gasteiger partial charge in [-0.15, -0.1) is 22.7 Å². The Kier molecular flexibility index (Phi) is 4.22. The predicted molar refractivity (Wildman–Crippen MR) is 113 cm³/mol. The van der Waals surface area contributed by atoms with Crippen molar-refractivity contribution < 1.29 is 4.74 Å². The highest BCUT2D eigenvalue weighted by atomic mass is 32.1. The summed E-state index contributed by atoms with van der Waals surface area (Å²) < 4.78 is 6.12. The van der Waals surface area contributed by atoms with Gasteiger partial charge in [0.25, 0.3) is 0 Å². The van der Waals surface area contributed by atoms with Gasteiger partial charge < -0.3 is 4.74 Å². The van der Waals surface area contributed by atoms with Crippen LogP contribution in [-0.4, -0.2) is 14.7 Å². The lowest BCUT2D eigenvalue weighted by atomic mass is 10.2. The lowest BCUT2D eigenvalue weighted by Gasteiger charge is -2.33.